The summed E-state index contributed by atoms with van der Waals surface area (Å²) in [4.78, 5) is 28.5. The molecule has 34 heavy (non-hydrogen) atoms. The number of imidazole rings is 1. The van der Waals surface area contributed by atoms with Gasteiger partial charge in [0.1, 0.15) is 0 Å². The van der Waals surface area contributed by atoms with Gasteiger partial charge >= 0.3 is 11.9 Å². The topological polar surface area (TPSA) is 119 Å². The van der Waals surface area contributed by atoms with Crippen molar-refractivity contribution in [1.29, 1.82) is 0 Å². The van der Waals surface area contributed by atoms with Gasteiger partial charge in [0.05, 0.1) is 11.0 Å². The standard InChI is InChI=1S/C24H22N4.C2H2O4/c1-5-12-22-18(8-1)14-15-19-9-2-6-13-23(19)28(22)17-7-16-25-24-26-20-10-3-4-11-21(20)27-24;3-1(4)2(5)6/h1-6,8-15H,7,16-17H2,(H2,25,26,27);(H,3,4)(H,5,6). The molecule has 8 heteroatoms. The number of aromatic amines is 1. The van der Waals surface area contributed by atoms with Crippen LogP contribution >= 0.6 is 0 Å². The van der Waals surface area contributed by atoms with Crippen LogP contribution < -0.4 is 10.2 Å². The van der Waals surface area contributed by atoms with E-state index in [0.717, 1.165) is 36.5 Å². The van der Waals surface area contributed by atoms with E-state index in [1.807, 2.05) is 24.3 Å². The number of fused-ring (bicyclic) bond motifs is 3. The number of rotatable bonds is 5. The summed E-state index contributed by atoms with van der Waals surface area (Å²) in [6.45, 7) is 1.79. The summed E-state index contributed by atoms with van der Waals surface area (Å²) in [7, 11) is 0. The van der Waals surface area contributed by atoms with E-state index in [9.17, 15) is 0 Å². The third-order valence-electron chi connectivity index (χ3n) is 5.32. The number of carbonyl (C=O) groups is 2. The van der Waals surface area contributed by atoms with Crippen molar-refractivity contribution < 1.29 is 19.8 Å². The van der Waals surface area contributed by atoms with Gasteiger partial charge in [-0.1, -0.05) is 60.7 Å². The average Bonchev–Trinajstić information content (AvgIpc) is 3.19. The highest BCUT2D eigenvalue weighted by Crippen LogP contribution is 2.36. The number of aliphatic carboxylic acids is 2. The summed E-state index contributed by atoms with van der Waals surface area (Å²) in [5, 5.41) is 18.2. The van der Waals surface area contributed by atoms with E-state index in [0.29, 0.717) is 0 Å². The minimum absolute atomic E-state index is 0.833. The van der Waals surface area contributed by atoms with Crippen LogP contribution in [-0.2, 0) is 9.59 Å². The maximum absolute atomic E-state index is 9.10. The fraction of sp³-hybridized carbons (Fsp3) is 0.115. The van der Waals surface area contributed by atoms with E-state index in [-0.39, 0.29) is 0 Å². The van der Waals surface area contributed by atoms with Crippen molar-refractivity contribution in [3.8, 4) is 0 Å². The molecule has 0 bridgehead atoms. The number of aromatic nitrogens is 2. The molecule has 1 aliphatic rings. The Labute approximate surface area is 196 Å². The zero-order chi connectivity index (χ0) is 23.9. The number of para-hydroxylation sites is 4. The maximum Gasteiger partial charge on any atom is 0.414 e. The molecule has 3 aromatic carbocycles. The first kappa shape index (κ1) is 22.6. The summed E-state index contributed by atoms with van der Waals surface area (Å²) in [6.07, 6.45) is 5.42. The highest BCUT2D eigenvalue weighted by Gasteiger charge is 2.17. The summed E-state index contributed by atoms with van der Waals surface area (Å²) in [5.74, 6) is -2.82. The van der Waals surface area contributed by atoms with Crippen molar-refractivity contribution in [3.05, 3.63) is 83.9 Å². The number of hydrogen-bond donors (Lipinski definition) is 4. The quantitative estimate of drug-likeness (QED) is 0.251. The molecule has 0 saturated heterocycles. The number of carboxylic acids is 2. The Morgan fingerprint density at radius 1 is 0.824 bits per heavy atom. The summed E-state index contributed by atoms with van der Waals surface area (Å²) in [6, 6.07) is 25.3. The molecule has 4 N–H and O–H groups in total. The van der Waals surface area contributed by atoms with Gasteiger partial charge in [-0.2, -0.15) is 0 Å². The van der Waals surface area contributed by atoms with E-state index in [4.69, 9.17) is 19.8 Å². The van der Waals surface area contributed by atoms with E-state index >= 15 is 0 Å². The second-order valence-electron chi connectivity index (χ2n) is 7.60. The number of nitrogens with one attached hydrogen (secondary N) is 2. The second kappa shape index (κ2) is 10.4. The molecule has 0 amide bonds. The van der Waals surface area contributed by atoms with E-state index in [1.54, 1.807) is 0 Å². The zero-order valence-corrected chi connectivity index (χ0v) is 18.3. The molecule has 0 saturated carbocycles. The van der Waals surface area contributed by atoms with Crippen LogP contribution in [0.25, 0.3) is 23.2 Å². The number of anilines is 3. The first-order valence-corrected chi connectivity index (χ1v) is 10.8. The third-order valence-corrected chi connectivity index (χ3v) is 5.32. The van der Waals surface area contributed by atoms with Gasteiger partial charge in [-0.3, -0.25) is 0 Å². The summed E-state index contributed by atoms with van der Waals surface area (Å²) >= 11 is 0. The van der Waals surface area contributed by atoms with Gasteiger partial charge in [-0.05, 0) is 41.8 Å². The molecule has 2 heterocycles. The Morgan fingerprint density at radius 3 is 1.97 bits per heavy atom. The van der Waals surface area contributed by atoms with E-state index in [1.165, 1.54) is 22.5 Å². The summed E-state index contributed by atoms with van der Waals surface area (Å²) < 4.78 is 0. The first-order chi connectivity index (χ1) is 16.5. The van der Waals surface area contributed by atoms with Gasteiger partial charge in [0, 0.05) is 24.5 Å². The minimum Gasteiger partial charge on any atom is -0.473 e. The average molecular weight is 457 g/mol. The van der Waals surface area contributed by atoms with Crippen molar-refractivity contribution in [2.45, 2.75) is 6.42 Å². The lowest BCUT2D eigenvalue weighted by Crippen LogP contribution is -2.22. The smallest absolute Gasteiger partial charge is 0.414 e. The Hall–Kier alpha value is -4.59. The number of nitrogens with zero attached hydrogens (tertiary/aromatic N) is 2. The van der Waals surface area contributed by atoms with Crippen LogP contribution in [0.3, 0.4) is 0 Å². The van der Waals surface area contributed by atoms with Crippen LogP contribution in [0.2, 0.25) is 0 Å². The Balaban J connectivity index is 0.000000408. The molecular formula is C26H24N4O4. The van der Waals surface area contributed by atoms with Crippen LogP contribution in [0.4, 0.5) is 17.3 Å². The van der Waals surface area contributed by atoms with Gasteiger partial charge < -0.3 is 25.4 Å². The SMILES string of the molecule is C1=Cc2ccccc2N(CCCNc2nc3ccccc3[nH]2)c2ccccc21.O=C(O)C(=O)O. The van der Waals surface area contributed by atoms with Gasteiger partial charge in [0.25, 0.3) is 0 Å². The predicted molar refractivity (Wildman–Crippen MR) is 133 cm³/mol. The molecule has 1 aromatic heterocycles. The molecule has 4 aromatic rings. The molecule has 0 unspecified atom stereocenters. The van der Waals surface area contributed by atoms with Crippen LogP contribution in [0.1, 0.15) is 17.5 Å². The lowest BCUT2D eigenvalue weighted by atomic mass is 10.1. The number of H-pyrrole nitrogens is 1. The lowest BCUT2D eigenvalue weighted by Gasteiger charge is -2.27. The molecule has 1 aliphatic heterocycles. The van der Waals surface area contributed by atoms with Crippen molar-refractivity contribution in [2.24, 2.45) is 0 Å². The van der Waals surface area contributed by atoms with Crippen molar-refractivity contribution in [2.75, 3.05) is 23.3 Å². The molecule has 5 rings (SSSR count). The number of benzene rings is 3. The fourth-order valence-corrected chi connectivity index (χ4v) is 3.78. The fourth-order valence-electron chi connectivity index (χ4n) is 3.78. The van der Waals surface area contributed by atoms with Crippen molar-refractivity contribution in [3.63, 3.8) is 0 Å². The number of carboxylic acid groups (broad SMARTS) is 2. The maximum atomic E-state index is 9.10. The molecule has 8 nitrogen and oxygen atoms in total. The Bertz CT molecular complexity index is 1250. The van der Waals surface area contributed by atoms with Gasteiger partial charge in [0.15, 0.2) is 0 Å². The second-order valence-corrected chi connectivity index (χ2v) is 7.60. The van der Waals surface area contributed by atoms with Crippen LogP contribution in [-0.4, -0.2) is 45.2 Å². The minimum atomic E-state index is -1.82. The van der Waals surface area contributed by atoms with Crippen LogP contribution in [0, 0.1) is 0 Å². The van der Waals surface area contributed by atoms with E-state index in [2.05, 4.69) is 80.9 Å². The van der Waals surface area contributed by atoms with Gasteiger partial charge in [-0.25, -0.2) is 14.6 Å². The molecular weight excluding hydrogens is 432 g/mol. The first-order valence-electron chi connectivity index (χ1n) is 10.8. The van der Waals surface area contributed by atoms with Gasteiger partial charge in [-0.15, -0.1) is 0 Å². The molecule has 0 aliphatic carbocycles. The highest BCUT2D eigenvalue weighted by atomic mass is 16.4. The molecule has 172 valence electrons. The van der Waals surface area contributed by atoms with Crippen molar-refractivity contribution in [1.82, 2.24) is 9.97 Å². The summed E-state index contributed by atoms with van der Waals surface area (Å²) in [5.41, 5.74) is 7.07. The van der Waals surface area contributed by atoms with Crippen LogP contribution in [0.5, 0.6) is 0 Å². The monoisotopic (exact) mass is 456 g/mol. The largest absolute Gasteiger partial charge is 0.473 e. The lowest BCUT2D eigenvalue weighted by molar-refractivity contribution is -0.159. The normalized spacial score (nSPS) is 11.6. The molecule has 0 radical (unpaired) electrons. The number of hydrogen-bond acceptors (Lipinski definition) is 5. The van der Waals surface area contributed by atoms with E-state index < -0.39 is 11.9 Å². The Morgan fingerprint density at radius 2 is 1.38 bits per heavy atom. The molecule has 0 atom stereocenters. The third kappa shape index (κ3) is 5.24. The highest BCUT2D eigenvalue weighted by molar-refractivity contribution is 6.27. The molecule has 0 spiro atoms. The molecule has 0 fully saturated rings. The zero-order valence-electron chi connectivity index (χ0n) is 18.3. The van der Waals surface area contributed by atoms with Crippen LogP contribution in [0.15, 0.2) is 72.8 Å². The van der Waals surface area contributed by atoms with Gasteiger partial charge in [0.2, 0.25) is 5.95 Å². The van der Waals surface area contributed by atoms with Crippen molar-refractivity contribution >= 4 is 52.4 Å². The predicted octanol–water partition coefficient (Wildman–Crippen LogP) is 4.84. The Kier molecular flexibility index (Phi) is 6.88.